The number of benzene rings is 2. The number of carbonyl (C=O) groups excluding carboxylic acids is 1. The van der Waals surface area contributed by atoms with E-state index in [9.17, 15) is 13.2 Å². The number of anilines is 2. The van der Waals surface area contributed by atoms with Crippen LogP contribution in [0.2, 0.25) is 0 Å². The van der Waals surface area contributed by atoms with Crippen molar-refractivity contribution in [2.24, 2.45) is 0 Å². The number of hydrogen-bond donors (Lipinski definition) is 2. The molecule has 1 aliphatic heterocycles. The number of sulfonamides is 1. The van der Waals surface area contributed by atoms with Crippen molar-refractivity contribution in [3.8, 4) is 46.0 Å². The lowest BCUT2D eigenvalue weighted by molar-refractivity contribution is 0.135. The van der Waals surface area contributed by atoms with Gasteiger partial charge in [0.2, 0.25) is 12.5 Å². The Morgan fingerprint density at radius 1 is 0.920 bits per heavy atom. The Kier molecular flexibility index (Phi) is 10.1. The van der Waals surface area contributed by atoms with E-state index in [2.05, 4.69) is 30.0 Å². The van der Waals surface area contributed by atoms with Gasteiger partial charge in [-0.05, 0) is 60.0 Å². The van der Waals surface area contributed by atoms with Crippen LogP contribution in [0.1, 0.15) is 25.3 Å². The van der Waals surface area contributed by atoms with Gasteiger partial charge in [-0.2, -0.15) is 13.4 Å². The van der Waals surface area contributed by atoms with Gasteiger partial charge in [-0.25, -0.2) is 19.7 Å². The summed E-state index contributed by atoms with van der Waals surface area (Å²) in [6, 6.07) is 19.9. The SMILES string of the molecule is COc1ccccc1Oc1c(NS(=O)(=O)c2ccc(C(C)C)cn2)nc(-c2ccc3c(c2)OCO3)nc1OCCOC(=O)Nc1ccccn1. The Labute approximate surface area is 287 Å². The molecule has 0 spiro atoms. The first-order chi connectivity index (χ1) is 24.2. The van der Waals surface area contributed by atoms with Crippen LogP contribution >= 0.6 is 0 Å². The first-order valence-corrected chi connectivity index (χ1v) is 16.8. The molecular weight excluding hydrogens is 668 g/mol. The van der Waals surface area contributed by atoms with Gasteiger partial charge in [0.1, 0.15) is 19.0 Å². The largest absolute Gasteiger partial charge is 0.493 e. The van der Waals surface area contributed by atoms with Crippen LogP contribution in [-0.2, 0) is 14.8 Å². The van der Waals surface area contributed by atoms with Gasteiger partial charge in [0.05, 0.1) is 7.11 Å². The Morgan fingerprint density at radius 2 is 1.72 bits per heavy atom. The zero-order valence-electron chi connectivity index (χ0n) is 27.2. The number of fused-ring (bicyclic) bond motifs is 1. The van der Waals surface area contributed by atoms with E-state index in [-0.39, 0.29) is 60.0 Å². The molecule has 4 heterocycles. The standard InChI is InChI=1S/C34H32N6O9S/c1-21(2)23-12-14-29(36-19-23)50(42,43)40-32-30(49-26-9-5-4-8-24(26)44-3)33(45-16-17-46-34(41)37-28-10-6-7-15-35-28)39-31(38-32)22-11-13-25-27(18-22)48-20-47-25/h4-15,18-19,21H,16-17,20H2,1-3H3,(H,35,37,41)(H,38,39,40). The van der Waals surface area contributed by atoms with Gasteiger partial charge in [-0.15, -0.1) is 0 Å². The molecule has 0 aliphatic carbocycles. The first kappa shape index (κ1) is 33.7. The minimum Gasteiger partial charge on any atom is -0.493 e. The summed E-state index contributed by atoms with van der Waals surface area (Å²) in [5.74, 6) is 1.40. The smallest absolute Gasteiger partial charge is 0.412 e. The lowest BCUT2D eigenvalue weighted by Crippen LogP contribution is -2.19. The zero-order chi connectivity index (χ0) is 35.1. The van der Waals surface area contributed by atoms with Gasteiger partial charge in [0.25, 0.3) is 15.9 Å². The van der Waals surface area contributed by atoms with Crippen LogP contribution in [-0.4, -0.2) is 61.6 Å². The second-order valence-corrected chi connectivity index (χ2v) is 12.5. The van der Waals surface area contributed by atoms with E-state index in [4.69, 9.17) is 28.4 Å². The fourth-order valence-corrected chi connectivity index (χ4v) is 5.52. The Morgan fingerprint density at radius 3 is 2.46 bits per heavy atom. The molecule has 50 heavy (non-hydrogen) atoms. The van der Waals surface area contributed by atoms with Crippen LogP contribution in [0.5, 0.6) is 34.6 Å². The molecule has 0 saturated heterocycles. The molecule has 1 amide bonds. The predicted octanol–water partition coefficient (Wildman–Crippen LogP) is 6.01. The number of para-hydroxylation sites is 2. The average molecular weight is 701 g/mol. The molecule has 258 valence electrons. The van der Waals surface area contributed by atoms with E-state index in [1.165, 1.54) is 25.6 Å². The summed E-state index contributed by atoms with van der Waals surface area (Å²) in [7, 11) is -2.86. The maximum Gasteiger partial charge on any atom is 0.412 e. The summed E-state index contributed by atoms with van der Waals surface area (Å²) >= 11 is 0. The molecule has 2 aromatic carbocycles. The molecule has 2 N–H and O–H groups in total. The van der Waals surface area contributed by atoms with Crippen LogP contribution in [0.25, 0.3) is 11.4 Å². The molecule has 1 aliphatic rings. The highest BCUT2D eigenvalue weighted by Crippen LogP contribution is 2.43. The summed E-state index contributed by atoms with van der Waals surface area (Å²) in [4.78, 5) is 29.7. The zero-order valence-corrected chi connectivity index (χ0v) is 28.0. The third kappa shape index (κ3) is 7.92. The van der Waals surface area contributed by atoms with Crippen LogP contribution in [0.3, 0.4) is 0 Å². The van der Waals surface area contributed by atoms with Crippen molar-refractivity contribution in [2.45, 2.75) is 24.8 Å². The third-order valence-electron chi connectivity index (χ3n) is 7.13. The second-order valence-electron chi connectivity index (χ2n) is 10.9. The highest BCUT2D eigenvalue weighted by atomic mass is 32.2. The molecule has 5 aromatic rings. The lowest BCUT2D eigenvalue weighted by Gasteiger charge is -2.18. The number of aromatic nitrogens is 4. The van der Waals surface area contributed by atoms with Crippen LogP contribution in [0.15, 0.2) is 90.2 Å². The van der Waals surface area contributed by atoms with Gasteiger partial charge < -0.3 is 28.4 Å². The van der Waals surface area contributed by atoms with Crippen molar-refractivity contribution in [1.82, 2.24) is 19.9 Å². The predicted molar refractivity (Wildman–Crippen MR) is 180 cm³/mol. The molecule has 3 aromatic heterocycles. The van der Waals surface area contributed by atoms with Gasteiger partial charge >= 0.3 is 6.09 Å². The number of rotatable bonds is 13. The Hall–Kier alpha value is -6.16. The van der Waals surface area contributed by atoms with E-state index in [0.717, 1.165) is 5.56 Å². The fraction of sp³-hybridized carbons (Fsp3) is 0.206. The van der Waals surface area contributed by atoms with E-state index in [1.54, 1.807) is 66.7 Å². The first-order valence-electron chi connectivity index (χ1n) is 15.3. The summed E-state index contributed by atoms with van der Waals surface area (Å²) in [6.45, 7) is 3.57. The number of methoxy groups -OCH3 is 1. The molecule has 0 saturated carbocycles. The summed E-state index contributed by atoms with van der Waals surface area (Å²) in [5, 5.41) is 2.26. The lowest BCUT2D eigenvalue weighted by atomic mass is 10.1. The number of carbonyl (C=O) groups is 1. The van der Waals surface area contributed by atoms with Crippen molar-refractivity contribution >= 4 is 27.8 Å². The molecule has 0 unspecified atom stereocenters. The van der Waals surface area contributed by atoms with Crippen LogP contribution in [0.4, 0.5) is 16.4 Å². The monoisotopic (exact) mass is 700 g/mol. The Bertz CT molecular complexity index is 2080. The molecular formula is C34H32N6O9S. The second kappa shape index (κ2) is 14.9. The number of pyridine rings is 2. The molecule has 6 rings (SSSR count). The molecule has 15 nitrogen and oxygen atoms in total. The minimum absolute atomic E-state index is 0.0429. The molecule has 0 atom stereocenters. The van der Waals surface area contributed by atoms with Crippen molar-refractivity contribution in [3.63, 3.8) is 0 Å². The molecule has 0 fully saturated rings. The summed E-state index contributed by atoms with van der Waals surface area (Å²) in [6.07, 6.45) is 2.27. The molecule has 0 radical (unpaired) electrons. The summed E-state index contributed by atoms with van der Waals surface area (Å²) in [5.41, 5.74) is 1.32. The van der Waals surface area contributed by atoms with Crippen molar-refractivity contribution in [2.75, 3.05) is 37.2 Å². The number of amides is 1. The quantitative estimate of drug-likeness (QED) is 0.136. The fourth-order valence-electron chi connectivity index (χ4n) is 4.59. The average Bonchev–Trinajstić information content (AvgIpc) is 3.60. The van der Waals surface area contributed by atoms with Gasteiger partial charge in [-0.1, -0.05) is 38.1 Å². The van der Waals surface area contributed by atoms with E-state index in [0.29, 0.717) is 28.6 Å². The van der Waals surface area contributed by atoms with Crippen molar-refractivity contribution < 1.29 is 41.6 Å². The molecule has 16 heteroatoms. The van der Waals surface area contributed by atoms with Crippen molar-refractivity contribution in [3.05, 3.63) is 90.8 Å². The highest BCUT2D eigenvalue weighted by molar-refractivity contribution is 7.92. The molecule has 0 bridgehead atoms. The Balaban J connectivity index is 1.37. The van der Waals surface area contributed by atoms with Crippen molar-refractivity contribution in [1.29, 1.82) is 0 Å². The number of nitrogens with one attached hydrogen (secondary N) is 2. The topological polar surface area (TPSA) is 182 Å². The maximum absolute atomic E-state index is 13.7. The number of nitrogens with zero attached hydrogens (tertiary/aromatic N) is 4. The number of hydrogen-bond acceptors (Lipinski definition) is 13. The van der Waals surface area contributed by atoms with Crippen LogP contribution < -0.4 is 33.7 Å². The van der Waals surface area contributed by atoms with E-state index in [1.807, 2.05) is 13.8 Å². The summed E-state index contributed by atoms with van der Waals surface area (Å²) < 4.78 is 63.9. The minimum atomic E-state index is -4.32. The van der Waals surface area contributed by atoms with E-state index >= 15 is 0 Å². The normalized spacial score (nSPS) is 11.9. The van der Waals surface area contributed by atoms with Gasteiger partial charge in [0, 0.05) is 18.0 Å². The third-order valence-corrected chi connectivity index (χ3v) is 8.38. The maximum atomic E-state index is 13.7. The van der Waals surface area contributed by atoms with Crippen LogP contribution in [0, 0.1) is 0 Å². The van der Waals surface area contributed by atoms with Gasteiger partial charge in [-0.3, -0.25) is 10.0 Å². The van der Waals surface area contributed by atoms with E-state index < -0.39 is 16.1 Å². The number of ether oxygens (including phenoxy) is 6. The highest BCUT2D eigenvalue weighted by Gasteiger charge is 2.27. The van der Waals surface area contributed by atoms with Gasteiger partial charge in [0.15, 0.2) is 39.7 Å².